The summed E-state index contributed by atoms with van der Waals surface area (Å²) in [6.07, 6.45) is 0. The Labute approximate surface area is 90.3 Å². The van der Waals surface area contributed by atoms with E-state index >= 15 is 0 Å². The van der Waals surface area contributed by atoms with Crippen LogP contribution in [0.25, 0.3) is 11.0 Å². The molecule has 1 heterocycles. The lowest BCUT2D eigenvalue weighted by molar-refractivity contribution is 0.474. The molecule has 2 nitrogen and oxygen atoms in total. The van der Waals surface area contributed by atoms with Crippen LogP contribution >= 0.6 is 0 Å². The number of benzene rings is 1. The molecule has 0 bridgehead atoms. The summed E-state index contributed by atoms with van der Waals surface area (Å²) in [6, 6.07) is 6.70. The number of rotatable bonds is 2. The van der Waals surface area contributed by atoms with Crippen molar-refractivity contribution >= 4 is 11.0 Å². The van der Waals surface area contributed by atoms with Gasteiger partial charge in [-0.2, -0.15) is 0 Å². The number of furan rings is 1. The van der Waals surface area contributed by atoms with E-state index in [1.54, 1.807) is 0 Å². The third kappa shape index (κ3) is 1.77. The van der Waals surface area contributed by atoms with Gasteiger partial charge in [0, 0.05) is 5.39 Å². The van der Waals surface area contributed by atoms with Crippen LogP contribution in [-0.4, -0.2) is 7.05 Å². The molecule has 0 aliphatic carbocycles. The minimum atomic E-state index is 0.261. The summed E-state index contributed by atoms with van der Waals surface area (Å²) in [5, 5.41) is 4.38. The highest BCUT2D eigenvalue weighted by Crippen LogP contribution is 2.27. The van der Waals surface area contributed by atoms with Gasteiger partial charge in [-0.1, -0.05) is 11.6 Å². The number of fused-ring (bicyclic) bond motifs is 1. The molecule has 2 aromatic rings. The molecule has 0 saturated heterocycles. The smallest absolute Gasteiger partial charge is 0.137 e. The lowest BCUT2D eigenvalue weighted by atomic mass is 10.1. The van der Waals surface area contributed by atoms with E-state index in [0.717, 1.165) is 11.3 Å². The van der Waals surface area contributed by atoms with Crippen molar-refractivity contribution in [2.45, 2.75) is 26.8 Å². The summed E-state index contributed by atoms with van der Waals surface area (Å²) in [6.45, 7) is 6.30. The van der Waals surface area contributed by atoms with Crippen LogP contribution in [0.2, 0.25) is 0 Å². The van der Waals surface area contributed by atoms with Gasteiger partial charge in [-0.05, 0) is 45.5 Å². The van der Waals surface area contributed by atoms with E-state index in [-0.39, 0.29) is 6.04 Å². The normalized spacial score (nSPS) is 13.3. The van der Waals surface area contributed by atoms with Crippen LogP contribution in [0.1, 0.15) is 29.9 Å². The molecule has 2 heteroatoms. The van der Waals surface area contributed by atoms with Crippen LogP contribution in [0.3, 0.4) is 0 Å². The maximum Gasteiger partial charge on any atom is 0.137 e. The quantitative estimate of drug-likeness (QED) is 0.809. The predicted molar refractivity (Wildman–Crippen MR) is 63.2 cm³/mol. The van der Waals surface area contributed by atoms with E-state index in [4.69, 9.17) is 4.42 Å². The van der Waals surface area contributed by atoms with Gasteiger partial charge in [0.25, 0.3) is 0 Å². The molecule has 0 saturated carbocycles. The monoisotopic (exact) mass is 203 g/mol. The van der Waals surface area contributed by atoms with Gasteiger partial charge in [0.15, 0.2) is 0 Å². The van der Waals surface area contributed by atoms with Gasteiger partial charge < -0.3 is 9.73 Å². The number of nitrogens with one attached hydrogen (secondary N) is 1. The summed E-state index contributed by atoms with van der Waals surface area (Å²) >= 11 is 0. The first-order valence-corrected chi connectivity index (χ1v) is 5.29. The van der Waals surface area contributed by atoms with E-state index in [9.17, 15) is 0 Å². The Morgan fingerprint density at radius 1 is 1.20 bits per heavy atom. The third-order valence-electron chi connectivity index (χ3n) is 2.83. The van der Waals surface area contributed by atoms with Crippen LogP contribution in [0.4, 0.5) is 0 Å². The van der Waals surface area contributed by atoms with E-state index < -0.39 is 0 Å². The summed E-state index contributed by atoms with van der Waals surface area (Å²) in [7, 11) is 1.94. The first-order chi connectivity index (χ1) is 7.11. The van der Waals surface area contributed by atoms with Crippen molar-refractivity contribution in [2.24, 2.45) is 0 Å². The molecule has 0 aliphatic rings. The first-order valence-electron chi connectivity index (χ1n) is 5.29. The van der Waals surface area contributed by atoms with Crippen LogP contribution in [0.5, 0.6) is 0 Å². The molecular formula is C13H17NO. The molecule has 2 rings (SSSR count). The highest BCUT2D eigenvalue weighted by Gasteiger charge is 2.11. The fourth-order valence-electron chi connectivity index (χ4n) is 1.89. The standard InChI is InChI=1S/C13H17NO/c1-8-5-9(2)13-11(6-8)7-12(15-13)10(3)14-4/h5-7,10,14H,1-4H3. The highest BCUT2D eigenvalue weighted by atomic mass is 16.3. The lowest BCUT2D eigenvalue weighted by Gasteiger charge is -2.04. The van der Waals surface area contributed by atoms with Gasteiger partial charge in [0.05, 0.1) is 6.04 Å². The van der Waals surface area contributed by atoms with Crippen molar-refractivity contribution in [1.82, 2.24) is 5.32 Å². The maximum atomic E-state index is 5.84. The molecule has 1 aromatic carbocycles. The van der Waals surface area contributed by atoms with Crippen LogP contribution in [0.15, 0.2) is 22.6 Å². The zero-order valence-electron chi connectivity index (χ0n) is 9.72. The molecule has 0 aliphatic heterocycles. The molecular weight excluding hydrogens is 186 g/mol. The Morgan fingerprint density at radius 2 is 1.93 bits per heavy atom. The zero-order valence-corrected chi connectivity index (χ0v) is 9.72. The molecule has 0 spiro atoms. The second-order valence-corrected chi connectivity index (χ2v) is 4.16. The van der Waals surface area contributed by atoms with Crippen molar-refractivity contribution in [3.8, 4) is 0 Å². The van der Waals surface area contributed by atoms with Crippen molar-refractivity contribution in [2.75, 3.05) is 7.05 Å². The van der Waals surface area contributed by atoms with Crippen LogP contribution in [-0.2, 0) is 0 Å². The predicted octanol–water partition coefficient (Wildman–Crippen LogP) is 3.33. The first kappa shape index (κ1) is 10.2. The van der Waals surface area contributed by atoms with Gasteiger partial charge in [-0.25, -0.2) is 0 Å². The largest absolute Gasteiger partial charge is 0.459 e. The Morgan fingerprint density at radius 3 is 2.60 bits per heavy atom. The van der Waals surface area contributed by atoms with Crippen molar-refractivity contribution in [1.29, 1.82) is 0 Å². The zero-order chi connectivity index (χ0) is 11.0. The summed E-state index contributed by atoms with van der Waals surface area (Å²) in [5.41, 5.74) is 3.50. The topological polar surface area (TPSA) is 25.2 Å². The Balaban J connectivity index is 2.60. The molecule has 15 heavy (non-hydrogen) atoms. The molecule has 80 valence electrons. The molecule has 0 fully saturated rings. The van der Waals surface area contributed by atoms with Crippen molar-refractivity contribution < 1.29 is 4.42 Å². The minimum absolute atomic E-state index is 0.261. The summed E-state index contributed by atoms with van der Waals surface area (Å²) in [4.78, 5) is 0. The Bertz CT molecular complexity index is 484. The van der Waals surface area contributed by atoms with Crippen LogP contribution < -0.4 is 5.32 Å². The van der Waals surface area contributed by atoms with Gasteiger partial charge in [-0.15, -0.1) is 0 Å². The van der Waals surface area contributed by atoms with Crippen LogP contribution in [0, 0.1) is 13.8 Å². The molecule has 0 radical (unpaired) electrons. The van der Waals surface area contributed by atoms with Gasteiger partial charge in [0.1, 0.15) is 11.3 Å². The maximum absolute atomic E-state index is 5.84. The number of hydrogen-bond acceptors (Lipinski definition) is 2. The SMILES string of the molecule is CNC(C)c1cc2cc(C)cc(C)c2o1. The molecule has 1 aromatic heterocycles. The Kier molecular flexibility index (Phi) is 2.53. The van der Waals surface area contributed by atoms with Gasteiger partial charge in [0.2, 0.25) is 0 Å². The Hall–Kier alpha value is -1.28. The number of hydrogen-bond donors (Lipinski definition) is 1. The molecule has 1 N–H and O–H groups in total. The lowest BCUT2D eigenvalue weighted by Crippen LogP contribution is -2.10. The van der Waals surface area contributed by atoms with E-state index in [0.29, 0.717) is 0 Å². The average molecular weight is 203 g/mol. The van der Waals surface area contributed by atoms with E-state index in [2.05, 4.69) is 44.3 Å². The highest BCUT2D eigenvalue weighted by molar-refractivity contribution is 5.81. The molecule has 0 amide bonds. The fourth-order valence-corrected chi connectivity index (χ4v) is 1.89. The van der Waals surface area contributed by atoms with Gasteiger partial charge in [-0.3, -0.25) is 0 Å². The second kappa shape index (κ2) is 3.70. The molecule has 1 atom stereocenters. The summed E-state index contributed by atoms with van der Waals surface area (Å²) in [5.74, 6) is 1.00. The average Bonchev–Trinajstić information content (AvgIpc) is 2.60. The van der Waals surface area contributed by atoms with Gasteiger partial charge >= 0.3 is 0 Å². The second-order valence-electron chi connectivity index (χ2n) is 4.16. The fraction of sp³-hybridized carbons (Fsp3) is 0.385. The van der Waals surface area contributed by atoms with Crippen molar-refractivity contribution in [3.63, 3.8) is 0 Å². The third-order valence-corrected chi connectivity index (χ3v) is 2.83. The van der Waals surface area contributed by atoms with E-state index in [1.807, 2.05) is 7.05 Å². The van der Waals surface area contributed by atoms with E-state index in [1.165, 1.54) is 16.5 Å². The number of aryl methyl sites for hydroxylation is 2. The summed E-state index contributed by atoms with van der Waals surface area (Å²) < 4.78 is 5.84. The minimum Gasteiger partial charge on any atom is -0.459 e. The van der Waals surface area contributed by atoms with Crippen molar-refractivity contribution in [3.05, 3.63) is 35.1 Å². The molecule has 1 unspecified atom stereocenters.